The molecular formula is C33H25ClN2O2. The molecule has 4 heterocycles. The van der Waals surface area contributed by atoms with Crippen LogP contribution in [0.3, 0.4) is 0 Å². The van der Waals surface area contributed by atoms with Gasteiger partial charge in [-0.05, 0) is 61.9 Å². The molecule has 186 valence electrons. The van der Waals surface area contributed by atoms with E-state index in [1.165, 1.54) is 0 Å². The first-order valence-electron chi connectivity index (χ1n) is 12.8. The number of hydrogen-bond donors (Lipinski definition) is 0. The molecule has 5 heteroatoms. The Morgan fingerprint density at radius 3 is 2.42 bits per heavy atom. The highest BCUT2D eigenvalue weighted by atomic mass is 35.5. The van der Waals surface area contributed by atoms with E-state index in [0.717, 1.165) is 56.6 Å². The minimum Gasteiger partial charge on any atom is -0.439 e. The second-order valence-corrected chi connectivity index (χ2v) is 10.2. The van der Waals surface area contributed by atoms with Crippen molar-refractivity contribution in [2.75, 3.05) is 0 Å². The van der Waals surface area contributed by atoms with Gasteiger partial charge in [0, 0.05) is 56.6 Å². The Morgan fingerprint density at radius 2 is 1.61 bits per heavy atom. The molecule has 0 bridgehead atoms. The summed E-state index contributed by atoms with van der Waals surface area (Å²) < 4.78 is 11.2. The maximum absolute atomic E-state index is 13.6. The van der Waals surface area contributed by atoms with Crippen LogP contribution in [0.2, 0.25) is 5.02 Å². The lowest BCUT2D eigenvalue weighted by Gasteiger charge is -2.32. The molecule has 1 aliphatic rings. The van der Waals surface area contributed by atoms with Crippen LogP contribution in [0.5, 0.6) is 0 Å². The van der Waals surface area contributed by atoms with E-state index >= 15 is 0 Å². The van der Waals surface area contributed by atoms with Crippen molar-refractivity contribution in [2.45, 2.75) is 26.0 Å². The molecule has 3 aromatic heterocycles. The van der Waals surface area contributed by atoms with Gasteiger partial charge in [0.05, 0.1) is 11.3 Å². The fourth-order valence-corrected chi connectivity index (χ4v) is 6.44. The molecule has 0 aliphatic carbocycles. The fraction of sp³-hybridized carbons (Fsp3) is 0.121. The number of cyclic esters (lactones) is 1. The first-order chi connectivity index (χ1) is 18.5. The van der Waals surface area contributed by atoms with Gasteiger partial charge in [-0.15, -0.1) is 0 Å². The summed E-state index contributed by atoms with van der Waals surface area (Å²) in [6.45, 7) is 5.08. The average Bonchev–Trinajstić information content (AvgIpc) is 3.57. The standard InChI is InChI=1S/C33H25ClN2O2/c1-3-35-21(2)30(26-12-5-7-14-29(26)35)33(28-13-6-4-11-25(28)32(37)38-33)31-27(22-15-17-23(34)18-16-22)20-24-10-8-9-19-36(24)31/h4-20H,3H2,1-2H3. The lowest BCUT2D eigenvalue weighted by Crippen LogP contribution is -2.32. The van der Waals surface area contributed by atoms with E-state index < -0.39 is 5.60 Å². The number of carbonyl (C=O) groups excluding carboxylic acids is 1. The molecular weight excluding hydrogens is 492 g/mol. The molecule has 1 unspecified atom stereocenters. The van der Waals surface area contributed by atoms with E-state index in [4.69, 9.17) is 16.3 Å². The highest BCUT2D eigenvalue weighted by Gasteiger charge is 2.53. The van der Waals surface area contributed by atoms with Gasteiger partial charge in [0.1, 0.15) is 0 Å². The number of nitrogens with zero attached hydrogens (tertiary/aromatic N) is 2. The number of carbonyl (C=O) groups is 1. The van der Waals surface area contributed by atoms with Crippen molar-refractivity contribution >= 4 is 34.0 Å². The van der Waals surface area contributed by atoms with Crippen molar-refractivity contribution in [3.8, 4) is 11.1 Å². The van der Waals surface area contributed by atoms with Crippen LogP contribution < -0.4 is 0 Å². The smallest absolute Gasteiger partial charge is 0.340 e. The second kappa shape index (κ2) is 8.37. The molecule has 3 aromatic carbocycles. The van der Waals surface area contributed by atoms with Crippen molar-refractivity contribution in [3.05, 3.63) is 136 Å². The predicted octanol–water partition coefficient (Wildman–Crippen LogP) is 8.01. The summed E-state index contributed by atoms with van der Waals surface area (Å²) in [5, 5.41) is 1.75. The minimum atomic E-state index is -1.17. The van der Waals surface area contributed by atoms with Gasteiger partial charge in [-0.3, -0.25) is 0 Å². The number of ether oxygens (including phenoxy) is 1. The highest BCUT2D eigenvalue weighted by Crippen LogP contribution is 2.53. The third kappa shape index (κ3) is 3.01. The molecule has 0 amide bonds. The Balaban J connectivity index is 1.70. The summed E-state index contributed by atoms with van der Waals surface area (Å²) in [4.78, 5) is 13.6. The van der Waals surface area contributed by atoms with Crippen molar-refractivity contribution in [2.24, 2.45) is 0 Å². The molecule has 0 N–H and O–H groups in total. The molecule has 7 rings (SSSR count). The van der Waals surface area contributed by atoms with Crippen LogP contribution in [0.25, 0.3) is 27.5 Å². The van der Waals surface area contributed by atoms with E-state index in [2.05, 4.69) is 65.4 Å². The van der Waals surface area contributed by atoms with Crippen molar-refractivity contribution < 1.29 is 9.53 Å². The zero-order valence-corrected chi connectivity index (χ0v) is 21.9. The Labute approximate surface area is 225 Å². The second-order valence-electron chi connectivity index (χ2n) is 9.75. The zero-order valence-electron chi connectivity index (χ0n) is 21.1. The van der Waals surface area contributed by atoms with E-state index in [0.29, 0.717) is 10.6 Å². The number of aromatic nitrogens is 2. The first-order valence-corrected chi connectivity index (χ1v) is 13.2. The maximum atomic E-state index is 13.6. The SMILES string of the molecule is CCn1c(C)c(C2(c3c(-c4ccc(Cl)cc4)cc4ccccn34)OC(=O)c3ccccc32)c2ccccc21. The molecule has 6 aromatic rings. The third-order valence-corrected chi connectivity index (χ3v) is 8.09. The summed E-state index contributed by atoms with van der Waals surface area (Å²) in [7, 11) is 0. The number of hydrogen-bond acceptors (Lipinski definition) is 2. The van der Waals surface area contributed by atoms with E-state index in [9.17, 15) is 4.79 Å². The van der Waals surface area contributed by atoms with Gasteiger partial charge in [-0.2, -0.15) is 0 Å². The largest absolute Gasteiger partial charge is 0.439 e. The molecule has 1 aliphatic heterocycles. The van der Waals surface area contributed by atoms with Crippen LogP contribution in [-0.4, -0.2) is 14.9 Å². The van der Waals surface area contributed by atoms with Gasteiger partial charge in [0.25, 0.3) is 0 Å². The summed E-state index contributed by atoms with van der Waals surface area (Å²) in [6, 6.07) is 32.3. The fourth-order valence-electron chi connectivity index (χ4n) is 6.31. The van der Waals surface area contributed by atoms with Crippen LogP contribution in [0.4, 0.5) is 0 Å². The van der Waals surface area contributed by atoms with Gasteiger partial charge in [0.2, 0.25) is 5.60 Å². The topological polar surface area (TPSA) is 35.6 Å². The monoisotopic (exact) mass is 516 g/mol. The summed E-state index contributed by atoms with van der Waals surface area (Å²) in [6.07, 6.45) is 2.05. The number of aryl methyl sites for hydroxylation is 1. The molecule has 1 atom stereocenters. The molecule has 4 nitrogen and oxygen atoms in total. The van der Waals surface area contributed by atoms with E-state index in [1.54, 1.807) is 0 Å². The number of fused-ring (bicyclic) bond motifs is 3. The minimum absolute atomic E-state index is 0.318. The van der Waals surface area contributed by atoms with Crippen molar-refractivity contribution in [1.82, 2.24) is 8.97 Å². The Kier molecular flexibility index (Phi) is 5.04. The number of esters is 1. The predicted molar refractivity (Wildman–Crippen MR) is 152 cm³/mol. The number of pyridine rings is 1. The Morgan fingerprint density at radius 1 is 0.868 bits per heavy atom. The number of halogens is 1. The van der Waals surface area contributed by atoms with Gasteiger partial charge in [0.15, 0.2) is 0 Å². The van der Waals surface area contributed by atoms with Crippen molar-refractivity contribution in [1.29, 1.82) is 0 Å². The first kappa shape index (κ1) is 22.9. The summed E-state index contributed by atoms with van der Waals surface area (Å²) in [5.41, 5.74) is 7.38. The van der Waals surface area contributed by atoms with Crippen LogP contribution in [0.15, 0.2) is 103 Å². The third-order valence-electron chi connectivity index (χ3n) is 7.84. The van der Waals surface area contributed by atoms with Gasteiger partial charge >= 0.3 is 5.97 Å². The number of para-hydroxylation sites is 1. The van der Waals surface area contributed by atoms with Gasteiger partial charge in [-0.1, -0.05) is 66.2 Å². The van der Waals surface area contributed by atoms with Crippen LogP contribution >= 0.6 is 11.6 Å². The molecule has 0 saturated heterocycles. The zero-order chi connectivity index (χ0) is 26.0. The number of rotatable bonds is 4. The van der Waals surface area contributed by atoms with Crippen LogP contribution in [0, 0.1) is 6.92 Å². The van der Waals surface area contributed by atoms with Crippen LogP contribution in [-0.2, 0) is 16.9 Å². The number of benzene rings is 3. The maximum Gasteiger partial charge on any atom is 0.340 e. The lowest BCUT2D eigenvalue weighted by atomic mass is 9.79. The molecule has 0 saturated carbocycles. The van der Waals surface area contributed by atoms with Crippen LogP contribution in [0.1, 0.15) is 39.8 Å². The quantitative estimate of drug-likeness (QED) is 0.222. The van der Waals surface area contributed by atoms with Gasteiger partial charge in [-0.25, -0.2) is 4.79 Å². The normalized spacial score (nSPS) is 16.8. The Hall–Kier alpha value is -4.28. The highest BCUT2D eigenvalue weighted by molar-refractivity contribution is 6.30. The van der Waals surface area contributed by atoms with Crippen molar-refractivity contribution in [3.63, 3.8) is 0 Å². The van der Waals surface area contributed by atoms with E-state index in [-0.39, 0.29) is 5.97 Å². The van der Waals surface area contributed by atoms with E-state index in [1.807, 2.05) is 60.7 Å². The molecule has 38 heavy (non-hydrogen) atoms. The Bertz CT molecular complexity index is 1880. The molecule has 0 spiro atoms. The lowest BCUT2D eigenvalue weighted by molar-refractivity contribution is 0.0241. The van der Waals surface area contributed by atoms with Gasteiger partial charge < -0.3 is 13.7 Å². The summed E-state index contributed by atoms with van der Waals surface area (Å²) >= 11 is 6.28. The molecule has 0 fully saturated rings. The summed E-state index contributed by atoms with van der Waals surface area (Å²) in [5.74, 6) is -0.318. The molecule has 0 radical (unpaired) electrons. The average molecular weight is 517 g/mol.